The van der Waals surface area contributed by atoms with E-state index in [1.807, 2.05) is 30.3 Å². The van der Waals surface area contributed by atoms with E-state index in [9.17, 15) is 9.90 Å². The zero-order chi connectivity index (χ0) is 16.3. The molecule has 1 aromatic rings. The molecule has 1 aromatic carbocycles. The lowest BCUT2D eigenvalue weighted by atomic mass is 10.2. The third-order valence-corrected chi connectivity index (χ3v) is 4.31. The Labute approximate surface area is 142 Å². The molecule has 1 unspecified atom stereocenters. The van der Waals surface area contributed by atoms with Gasteiger partial charge in [0.1, 0.15) is 5.82 Å². The van der Waals surface area contributed by atoms with Crippen LogP contribution in [0.1, 0.15) is 0 Å². The van der Waals surface area contributed by atoms with Crippen molar-refractivity contribution in [1.82, 2.24) is 10.2 Å². The highest BCUT2D eigenvalue weighted by Gasteiger charge is 2.47. The van der Waals surface area contributed by atoms with Crippen molar-refractivity contribution in [2.75, 3.05) is 31.6 Å². The van der Waals surface area contributed by atoms with Crippen LogP contribution in [0.3, 0.4) is 0 Å². The summed E-state index contributed by atoms with van der Waals surface area (Å²) in [6, 6.07) is 9.52. The molecule has 3 N–H and O–H groups in total. The molecule has 0 amide bonds. The summed E-state index contributed by atoms with van der Waals surface area (Å²) in [7, 11) is 0. The zero-order valence-corrected chi connectivity index (χ0v) is 13.9. The number of nitrogens with zero attached hydrogens (tertiary/aromatic N) is 2. The standard InChI is InChI=1S/C15H17BrN4O3/c16-12-10-17-15(14(21)22,20-6-8-23-9-7-20)19-13(12)18-11-4-2-1-3-5-11/h1-5,10,18-19H,6-9H2,(H,21,22). The van der Waals surface area contributed by atoms with Crippen molar-refractivity contribution in [3.05, 3.63) is 40.6 Å². The van der Waals surface area contributed by atoms with Crippen LogP contribution < -0.4 is 10.6 Å². The molecule has 1 saturated heterocycles. The SMILES string of the molecule is O=C(O)C1(N2CCOCC2)N=CC(Br)=C(Nc2ccccc2)N1. The first-order valence-electron chi connectivity index (χ1n) is 7.23. The van der Waals surface area contributed by atoms with Gasteiger partial charge in [0.15, 0.2) is 0 Å². The Morgan fingerprint density at radius 1 is 1.35 bits per heavy atom. The van der Waals surface area contributed by atoms with Crippen molar-refractivity contribution in [3.63, 3.8) is 0 Å². The maximum Gasteiger partial charge on any atom is 0.369 e. The normalized spacial score (nSPS) is 25.1. The summed E-state index contributed by atoms with van der Waals surface area (Å²) in [5, 5.41) is 16.0. The molecule has 0 bridgehead atoms. The number of aliphatic imine (C=N–C) groups is 1. The summed E-state index contributed by atoms with van der Waals surface area (Å²) in [5.74, 6) is -2.03. The lowest BCUT2D eigenvalue weighted by Crippen LogP contribution is -2.66. The molecular formula is C15H17BrN4O3. The molecular weight excluding hydrogens is 364 g/mol. The fraction of sp³-hybridized carbons (Fsp3) is 0.333. The molecule has 2 aliphatic rings. The quantitative estimate of drug-likeness (QED) is 0.731. The first kappa shape index (κ1) is 16.0. The van der Waals surface area contributed by atoms with Gasteiger partial charge in [-0.2, -0.15) is 0 Å². The van der Waals surface area contributed by atoms with Gasteiger partial charge in [-0.15, -0.1) is 0 Å². The molecule has 1 atom stereocenters. The van der Waals surface area contributed by atoms with Gasteiger partial charge < -0.3 is 20.5 Å². The number of carbonyl (C=O) groups is 1. The number of anilines is 1. The van der Waals surface area contributed by atoms with Crippen molar-refractivity contribution in [2.24, 2.45) is 4.99 Å². The highest BCUT2D eigenvalue weighted by molar-refractivity contribution is 9.12. The van der Waals surface area contributed by atoms with Crippen molar-refractivity contribution in [3.8, 4) is 0 Å². The monoisotopic (exact) mass is 380 g/mol. The predicted octanol–water partition coefficient (Wildman–Crippen LogP) is 1.41. The van der Waals surface area contributed by atoms with E-state index in [0.29, 0.717) is 36.6 Å². The molecule has 2 heterocycles. The molecule has 122 valence electrons. The van der Waals surface area contributed by atoms with Crippen molar-refractivity contribution >= 4 is 33.8 Å². The minimum Gasteiger partial charge on any atom is -0.477 e. The number of para-hydroxylation sites is 1. The summed E-state index contributed by atoms with van der Waals surface area (Å²) < 4.78 is 5.97. The Morgan fingerprint density at radius 2 is 2.04 bits per heavy atom. The first-order chi connectivity index (χ1) is 11.1. The van der Waals surface area contributed by atoms with Crippen LogP contribution in [-0.2, 0) is 9.53 Å². The van der Waals surface area contributed by atoms with Gasteiger partial charge in [-0.05, 0) is 28.1 Å². The van der Waals surface area contributed by atoms with Crippen molar-refractivity contribution in [2.45, 2.75) is 5.79 Å². The summed E-state index contributed by atoms with van der Waals surface area (Å²) in [5.41, 5.74) is 0.850. The summed E-state index contributed by atoms with van der Waals surface area (Å²) in [6.45, 7) is 1.96. The number of morpholine rings is 1. The fourth-order valence-electron chi connectivity index (χ4n) is 2.53. The third kappa shape index (κ3) is 3.24. The molecule has 23 heavy (non-hydrogen) atoms. The Morgan fingerprint density at radius 3 is 2.70 bits per heavy atom. The number of aliphatic carboxylic acids is 1. The second-order valence-electron chi connectivity index (χ2n) is 5.17. The van der Waals surface area contributed by atoms with E-state index in [2.05, 4.69) is 31.6 Å². The first-order valence-corrected chi connectivity index (χ1v) is 8.02. The molecule has 0 spiro atoms. The second kappa shape index (κ2) is 6.69. The van der Waals surface area contributed by atoms with Gasteiger partial charge >= 0.3 is 5.97 Å². The number of rotatable bonds is 4. The number of nitrogens with one attached hydrogen (secondary N) is 2. The average molecular weight is 381 g/mol. The third-order valence-electron chi connectivity index (χ3n) is 3.71. The van der Waals surface area contributed by atoms with Crippen LogP contribution in [-0.4, -0.2) is 54.3 Å². The van der Waals surface area contributed by atoms with Crippen LogP contribution in [0.5, 0.6) is 0 Å². The number of halogens is 1. The van der Waals surface area contributed by atoms with Gasteiger partial charge in [-0.3, -0.25) is 0 Å². The Kier molecular flexibility index (Phi) is 4.65. The number of allylic oxidation sites excluding steroid dienone is 1. The number of carboxylic acid groups (broad SMARTS) is 1. The molecule has 1 fully saturated rings. The van der Waals surface area contributed by atoms with Gasteiger partial charge in [-0.25, -0.2) is 14.7 Å². The molecule has 0 aliphatic carbocycles. The lowest BCUT2D eigenvalue weighted by molar-refractivity contribution is -0.156. The molecule has 0 aromatic heterocycles. The smallest absolute Gasteiger partial charge is 0.369 e. The van der Waals surface area contributed by atoms with Gasteiger partial charge in [0.05, 0.1) is 17.7 Å². The Hall–Kier alpha value is -1.90. The van der Waals surface area contributed by atoms with E-state index < -0.39 is 11.8 Å². The van der Waals surface area contributed by atoms with E-state index >= 15 is 0 Å². The van der Waals surface area contributed by atoms with Crippen LogP contribution >= 0.6 is 15.9 Å². The predicted molar refractivity (Wildman–Crippen MR) is 90.4 cm³/mol. The number of benzene rings is 1. The van der Waals surface area contributed by atoms with Gasteiger partial charge in [-0.1, -0.05) is 18.2 Å². The minimum atomic E-state index is -1.53. The minimum absolute atomic E-state index is 0.485. The molecule has 2 aliphatic heterocycles. The highest BCUT2D eigenvalue weighted by Crippen LogP contribution is 2.25. The zero-order valence-electron chi connectivity index (χ0n) is 12.3. The Bertz CT molecular complexity index is 643. The summed E-state index contributed by atoms with van der Waals surface area (Å²) in [6.07, 6.45) is 1.52. The van der Waals surface area contributed by atoms with E-state index in [-0.39, 0.29) is 0 Å². The maximum atomic E-state index is 12.0. The van der Waals surface area contributed by atoms with E-state index in [4.69, 9.17) is 4.74 Å². The van der Waals surface area contributed by atoms with E-state index in [0.717, 1.165) is 5.69 Å². The van der Waals surface area contributed by atoms with Crippen LogP contribution in [0.2, 0.25) is 0 Å². The molecule has 8 heteroatoms. The average Bonchev–Trinajstić information content (AvgIpc) is 2.58. The lowest BCUT2D eigenvalue weighted by Gasteiger charge is -2.42. The number of ether oxygens (including phenoxy) is 1. The second-order valence-corrected chi connectivity index (χ2v) is 6.03. The maximum absolute atomic E-state index is 12.0. The molecule has 0 radical (unpaired) electrons. The topological polar surface area (TPSA) is 86.2 Å². The summed E-state index contributed by atoms with van der Waals surface area (Å²) >= 11 is 3.41. The van der Waals surface area contributed by atoms with E-state index in [1.54, 1.807) is 4.90 Å². The number of hydrogen-bond donors (Lipinski definition) is 3. The van der Waals surface area contributed by atoms with Crippen LogP contribution in [0.25, 0.3) is 0 Å². The highest BCUT2D eigenvalue weighted by atomic mass is 79.9. The molecule has 0 saturated carbocycles. The van der Waals surface area contributed by atoms with Crippen molar-refractivity contribution in [1.29, 1.82) is 0 Å². The van der Waals surface area contributed by atoms with Crippen LogP contribution in [0.15, 0.2) is 45.6 Å². The van der Waals surface area contributed by atoms with E-state index in [1.165, 1.54) is 6.21 Å². The summed E-state index contributed by atoms with van der Waals surface area (Å²) in [4.78, 5) is 18.0. The van der Waals surface area contributed by atoms with Crippen LogP contribution in [0, 0.1) is 0 Å². The molecule has 7 nitrogen and oxygen atoms in total. The fourth-order valence-corrected chi connectivity index (χ4v) is 2.83. The van der Waals surface area contributed by atoms with Gasteiger partial charge in [0, 0.05) is 25.0 Å². The van der Waals surface area contributed by atoms with Gasteiger partial charge in [0.2, 0.25) is 0 Å². The number of carboxylic acids is 1. The number of hydrogen-bond acceptors (Lipinski definition) is 6. The van der Waals surface area contributed by atoms with Crippen LogP contribution in [0.4, 0.5) is 5.69 Å². The Balaban J connectivity index is 1.87. The molecule has 3 rings (SSSR count). The largest absolute Gasteiger partial charge is 0.477 e. The van der Waals surface area contributed by atoms with Gasteiger partial charge in [0.25, 0.3) is 5.79 Å². The van der Waals surface area contributed by atoms with Crippen molar-refractivity contribution < 1.29 is 14.6 Å².